The van der Waals surface area contributed by atoms with Crippen LogP contribution < -0.4 is 5.73 Å². The van der Waals surface area contributed by atoms with Gasteiger partial charge in [-0.25, -0.2) is 4.99 Å². The first-order valence-electron chi connectivity index (χ1n) is 6.32. The summed E-state index contributed by atoms with van der Waals surface area (Å²) in [6.07, 6.45) is 2.55. The summed E-state index contributed by atoms with van der Waals surface area (Å²) >= 11 is 2.01. The average Bonchev–Trinajstić information content (AvgIpc) is 2.96. The van der Waals surface area contributed by atoms with Crippen molar-refractivity contribution in [3.05, 3.63) is 0 Å². The van der Waals surface area contributed by atoms with Crippen LogP contribution >= 0.6 is 11.8 Å². The molecule has 0 spiro atoms. The summed E-state index contributed by atoms with van der Waals surface area (Å²) in [6, 6.07) is 0.525. The van der Waals surface area contributed by atoms with Crippen molar-refractivity contribution in [2.45, 2.75) is 32.7 Å². The number of aliphatic imine (C=N–C) groups is 1. The van der Waals surface area contributed by atoms with Crippen molar-refractivity contribution >= 4 is 17.7 Å². The van der Waals surface area contributed by atoms with Gasteiger partial charge in [0.1, 0.15) is 0 Å². The van der Waals surface area contributed by atoms with Gasteiger partial charge in [0.2, 0.25) is 0 Å². The molecule has 16 heavy (non-hydrogen) atoms. The van der Waals surface area contributed by atoms with Crippen molar-refractivity contribution in [3.8, 4) is 0 Å². The fraction of sp³-hybridized carbons (Fsp3) is 0.917. The van der Waals surface area contributed by atoms with Gasteiger partial charge in [-0.1, -0.05) is 13.8 Å². The minimum atomic E-state index is 0.525. The predicted octanol–water partition coefficient (Wildman–Crippen LogP) is 1.78. The molecule has 1 saturated heterocycles. The summed E-state index contributed by atoms with van der Waals surface area (Å²) < 4.78 is 0. The molecular weight excluding hydrogens is 218 g/mol. The van der Waals surface area contributed by atoms with Crippen LogP contribution in [0.3, 0.4) is 0 Å². The number of thioether (sulfide) groups is 1. The molecule has 0 bridgehead atoms. The first-order valence-corrected chi connectivity index (χ1v) is 7.48. The third kappa shape index (κ3) is 3.30. The average molecular weight is 241 g/mol. The zero-order valence-corrected chi connectivity index (χ0v) is 11.2. The van der Waals surface area contributed by atoms with Crippen LogP contribution in [-0.2, 0) is 0 Å². The SMILES string of the molecule is CC(C)C[C@@H]1C[C@H]1N=C(N)N1CCSCC1. The Hall–Kier alpha value is -0.380. The molecule has 0 amide bonds. The van der Waals surface area contributed by atoms with Gasteiger partial charge in [0.15, 0.2) is 5.96 Å². The maximum absolute atomic E-state index is 6.05. The van der Waals surface area contributed by atoms with Crippen molar-refractivity contribution in [2.24, 2.45) is 22.6 Å². The monoisotopic (exact) mass is 241 g/mol. The molecule has 92 valence electrons. The molecule has 1 heterocycles. The first kappa shape index (κ1) is 12.1. The Morgan fingerprint density at radius 3 is 2.75 bits per heavy atom. The fourth-order valence-electron chi connectivity index (χ4n) is 2.29. The van der Waals surface area contributed by atoms with Crippen molar-refractivity contribution in [1.29, 1.82) is 0 Å². The summed E-state index contributed by atoms with van der Waals surface area (Å²) in [6.45, 7) is 6.71. The molecule has 2 aliphatic rings. The van der Waals surface area contributed by atoms with E-state index in [4.69, 9.17) is 5.73 Å². The molecule has 2 fully saturated rings. The van der Waals surface area contributed by atoms with E-state index in [1.807, 2.05) is 11.8 Å². The van der Waals surface area contributed by atoms with Crippen molar-refractivity contribution < 1.29 is 0 Å². The van der Waals surface area contributed by atoms with Gasteiger partial charge in [-0.2, -0.15) is 11.8 Å². The molecule has 2 atom stereocenters. The van der Waals surface area contributed by atoms with Crippen LogP contribution in [0.25, 0.3) is 0 Å². The lowest BCUT2D eigenvalue weighted by Gasteiger charge is -2.27. The van der Waals surface area contributed by atoms with Gasteiger partial charge in [-0.05, 0) is 24.7 Å². The maximum Gasteiger partial charge on any atom is 0.191 e. The number of nitrogens with zero attached hydrogens (tertiary/aromatic N) is 2. The quantitative estimate of drug-likeness (QED) is 0.605. The third-order valence-electron chi connectivity index (χ3n) is 3.29. The Balaban J connectivity index is 1.79. The number of rotatable bonds is 3. The van der Waals surface area contributed by atoms with E-state index >= 15 is 0 Å². The molecule has 1 aliphatic heterocycles. The second-order valence-corrected chi connectivity index (χ2v) is 6.50. The Morgan fingerprint density at radius 1 is 1.44 bits per heavy atom. The van der Waals surface area contributed by atoms with Gasteiger partial charge in [0, 0.05) is 24.6 Å². The van der Waals surface area contributed by atoms with E-state index in [0.29, 0.717) is 6.04 Å². The second kappa shape index (κ2) is 5.30. The van der Waals surface area contributed by atoms with E-state index < -0.39 is 0 Å². The highest BCUT2D eigenvalue weighted by molar-refractivity contribution is 7.99. The summed E-state index contributed by atoms with van der Waals surface area (Å²) in [5, 5.41) is 0. The Morgan fingerprint density at radius 2 is 2.12 bits per heavy atom. The maximum atomic E-state index is 6.05. The van der Waals surface area contributed by atoms with Gasteiger partial charge < -0.3 is 10.6 Å². The molecule has 0 radical (unpaired) electrons. The van der Waals surface area contributed by atoms with Crippen LogP contribution in [-0.4, -0.2) is 41.5 Å². The van der Waals surface area contributed by atoms with Crippen molar-refractivity contribution in [3.63, 3.8) is 0 Å². The summed E-state index contributed by atoms with van der Waals surface area (Å²) in [7, 11) is 0. The van der Waals surface area contributed by atoms with E-state index in [0.717, 1.165) is 30.9 Å². The molecule has 0 unspecified atom stereocenters. The van der Waals surface area contributed by atoms with Crippen LogP contribution in [0.5, 0.6) is 0 Å². The van der Waals surface area contributed by atoms with Crippen LogP contribution in [0.2, 0.25) is 0 Å². The first-order chi connectivity index (χ1) is 7.66. The largest absolute Gasteiger partial charge is 0.370 e. The zero-order valence-electron chi connectivity index (χ0n) is 10.4. The summed E-state index contributed by atoms with van der Waals surface area (Å²) in [5.41, 5.74) is 6.05. The number of hydrogen-bond donors (Lipinski definition) is 1. The lowest BCUT2D eigenvalue weighted by atomic mass is 10.1. The lowest BCUT2D eigenvalue weighted by molar-refractivity contribution is 0.454. The van der Waals surface area contributed by atoms with E-state index in [1.54, 1.807) is 0 Å². The van der Waals surface area contributed by atoms with Crippen LogP contribution in [0.4, 0.5) is 0 Å². The summed E-state index contributed by atoms with van der Waals surface area (Å²) in [5.74, 6) is 4.76. The van der Waals surface area contributed by atoms with Gasteiger partial charge in [-0.15, -0.1) is 0 Å². The van der Waals surface area contributed by atoms with Crippen LogP contribution in [0, 0.1) is 11.8 Å². The third-order valence-corrected chi connectivity index (χ3v) is 4.24. The number of hydrogen-bond acceptors (Lipinski definition) is 2. The fourth-order valence-corrected chi connectivity index (χ4v) is 3.20. The molecule has 0 aromatic rings. The van der Waals surface area contributed by atoms with E-state index in [2.05, 4.69) is 23.7 Å². The van der Waals surface area contributed by atoms with Crippen LogP contribution in [0.1, 0.15) is 26.7 Å². The Kier molecular flexibility index (Phi) is 4.00. The molecule has 3 nitrogen and oxygen atoms in total. The molecule has 0 aromatic heterocycles. The van der Waals surface area contributed by atoms with Gasteiger partial charge >= 0.3 is 0 Å². The lowest BCUT2D eigenvalue weighted by Crippen LogP contribution is -2.42. The topological polar surface area (TPSA) is 41.6 Å². The van der Waals surface area contributed by atoms with Crippen molar-refractivity contribution in [1.82, 2.24) is 4.90 Å². The predicted molar refractivity (Wildman–Crippen MR) is 71.9 cm³/mol. The van der Waals surface area contributed by atoms with E-state index in [1.165, 1.54) is 24.3 Å². The van der Waals surface area contributed by atoms with Crippen LogP contribution in [0.15, 0.2) is 4.99 Å². The van der Waals surface area contributed by atoms with Gasteiger partial charge in [0.25, 0.3) is 0 Å². The number of guanidine groups is 1. The normalized spacial score (nSPS) is 30.9. The van der Waals surface area contributed by atoms with Crippen molar-refractivity contribution in [2.75, 3.05) is 24.6 Å². The molecule has 4 heteroatoms. The molecule has 0 aromatic carbocycles. The highest BCUT2D eigenvalue weighted by Crippen LogP contribution is 2.39. The highest BCUT2D eigenvalue weighted by atomic mass is 32.2. The van der Waals surface area contributed by atoms with E-state index in [9.17, 15) is 0 Å². The summed E-state index contributed by atoms with van der Waals surface area (Å²) in [4.78, 5) is 6.90. The molecular formula is C12H23N3S. The minimum Gasteiger partial charge on any atom is -0.370 e. The highest BCUT2D eigenvalue weighted by Gasteiger charge is 2.37. The van der Waals surface area contributed by atoms with Gasteiger partial charge in [0.05, 0.1) is 6.04 Å². The standard InChI is InChI=1S/C12H23N3S/c1-9(2)7-10-8-11(10)14-12(13)15-3-5-16-6-4-15/h9-11H,3-8H2,1-2H3,(H2,13,14)/t10-,11-/m1/s1. The van der Waals surface area contributed by atoms with Gasteiger partial charge in [-0.3, -0.25) is 0 Å². The van der Waals surface area contributed by atoms with E-state index in [-0.39, 0.29) is 0 Å². The minimum absolute atomic E-state index is 0.525. The number of nitrogens with two attached hydrogens (primary N) is 1. The Labute approximate surface area is 103 Å². The molecule has 1 aliphatic carbocycles. The second-order valence-electron chi connectivity index (χ2n) is 5.28. The zero-order chi connectivity index (χ0) is 11.5. The molecule has 2 N–H and O–H groups in total. The molecule has 1 saturated carbocycles. The molecule has 2 rings (SSSR count). The Bertz CT molecular complexity index is 259. The smallest absolute Gasteiger partial charge is 0.191 e.